The second kappa shape index (κ2) is 6.59. The SMILES string of the molecule is CCN(CC)c1nc(NN)nc(Sc2ncns2)n1. The molecule has 0 aliphatic rings. The van der Waals surface area contributed by atoms with E-state index in [1.54, 1.807) is 0 Å². The molecule has 19 heavy (non-hydrogen) atoms. The molecule has 3 N–H and O–H groups in total. The van der Waals surface area contributed by atoms with E-state index in [0.717, 1.165) is 17.4 Å². The van der Waals surface area contributed by atoms with E-state index in [2.05, 4.69) is 29.7 Å². The third kappa shape index (κ3) is 3.49. The van der Waals surface area contributed by atoms with Crippen LogP contribution in [-0.4, -0.2) is 37.4 Å². The van der Waals surface area contributed by atoms with E-state index in [-0.39, 0.29) is 0 Å². The summed E-state index contributed by atoms with van der Waals surface area (Å²) in [5, 5.41) is 0.543. The molecule has 0 aromatic carbocycles. The highest BCUT2D eigenvalue weighted by molar-refractivity contribution is 8.00. The van der Waals surface area contributed by atoms with Crippen LogP contribution in [0.2, 0.25) is 0 Å². The quantitative estimate of drug-likeness (QED) is 0.596. The van der Waals surface area contributed by atoms with Gasteiger partial charge in [-0.05, 0) is 37.1 Å². The number of nitrogens with one attached hydrogen (secondary N) is 1. The zero-order chi connectivity index (χ0) is 13.7. The third-order valence-corrected chi connectivity index (χ3v) is 3.88. The Labute approximate surface area is 119 Å². The lowest BCUT2D eigenvalue weighted by Gasteiger charge is -2.18. The van der Waals surface area contributed by atoms with Crippen LogP contribution in [-0.2, 0) is 0 Å². The Morgan fingerprint density at radius 1 is 1.32 bits per heavy atom. The number of hydrogen-bond acceptors (Lipinski definition) is 10. The Balaban J connectivity index is 2.30. The van der Waals surface area contributed by atoms with Crippen molar-refractivity contribution in [3.05, 3.63) is 6.33 Å². The highest BCUT2D eigenvalue weighted by Gasteiger charge is 2.12. The number of aromatic nitrogens is 5. The van der Waals surface area contributed by atoms with Gasteiger partial charge in [0.05, 0.1) is 0 Å². The van der Waals surface area contributed by atoms with E-state index in [1.165, 1.54) is 29.6 Å². The monoisotopic (exact) mass is 298 g/mol. The molecule has 0 radical (unpaired) electrons. The lowest BCUT2D eigenvalue weighted by Crippen LogP contribution is -2.25. The average molecular weight is 298 g/mol. The Bertz CT molecular complexity index is 513. The van der Waals surface area contributed by atoms with Gasteiger partial charge < -0.3 is 4.90 Å². The summed E-state index contributed by atoms with van der Waals surface area (Å²) in [6, 6.07) is 0. The first-order valence-corrected chi connectivity index (χ1v) is 7.28. The summed E-state index contributed by atoms with van der Waals surface area (Å²) >= 11 is 2.63. The molecule has 0 fully saturated rings. The smallest absolute Gasteiger partial charge is 0.242 e. The molecular weight excluding hydrogens is 284 g/mol. The fourth-order valence-electron chi connectivity index (χ4n) is 1.39. The van der Waals surface area contributed by atoms with E-state index in [4.69, 9.17) is 5.84 Å². The number of nitrogens with two attached hydrogens (primary N) is 1. The molecule has 0 amide bonds. The van der Waals surface area contributed by atoms with Gasteiger partial charge >= 0.3 is 0 Å². The van der Waals surface area contributed by atoms with Crippen molar-refractivity contribution in [2.75, 3.05) is 23.4 Å². The molecule has 0 saturated carbocycles. The summed E-state index contributed by atoms with van der Waals surface area (Å²) in [5.74, 6) is 6.32. The van der Waals surface area contributed by atoms with Crippen LogP contribution in [0.15, 0.2) is 15.8 Å². The summed E-state index contributed by atoms with van der Waals surface area (Å²) < 4.78 is 4.72. The van der Waals surface area contributed by atoms with Gasteiger partial charge in [-0.1, -0.05) is 0 Å². The van der Waals surface area contributed by atoms with Crippen LogP contribution < -0.4 is 16.2 Å². The fraction of sp³-hybridized carbons (Fsp3) is 0.444. The van der Waals surface area contributed by atoms with Crippen molar-refractivity contribution in [2.45, 2.75) is 23.3 Å². The lowest BCUT2D eigenvalue weighted by molar-refractivity contribution is 0.783. The first-order chi connectivity index (χ1) is 9.26. The van der Waals surface area contributed by atoms with Crippen molar-refractivity contribution >= 4 is 35.2 Å². The standard InChI is InChI=1S/C9H14N8S2/c1-3-17(4-2)7-13-6(16-10)14-8(15-7)18-9-11-5-12-19-9/h5H,3-4,10H2,1-2H3,(H,13,14,15,16). The van der Waals surface area contributed by atoms with Crippen molar-refractivity contribution < 1.29 is 0 Å². The second-order valence-corrected chi connectivity index (χ2v) is 5.36. The Kier molecular flexibility index (Phi) is 4.82. The van der Waals surface area contributed by atoms with Crippen LogP contribution in [0.5, 0.6) is 0 Å². The van der Waals surface area contributed by atoms with Gasteiger partial charge in [-0.3, -0.25) is 5.43 Å². The molecule has 0 unspecified atom stereocenters. The number of anilines is 2. The largest absolute Gasteiger partial charge is 0.341 e. The highest BCUT2D eigenvalue weighted by Crippen LogP contribution is 2.26. The maximum atomic E-state index is 5.39. The molecule has 0 saturated heterocycles. The van der Waals surface area contributed by atoms with Gasteiger partial charge in [0, 0.05) is 13.1 Å². The molecule has 0 bridgehead atoms. The topological polar surface area (TPSA) is 106 Å². The minimum atomic E-state index is 0.337. The van der Waals surface area contributed by atoms with Crippen LogP contribution >= 0.6 is 23.3 Å². The summed E-state index contributed by atoms with van der Waals surface area (Å²) in [5.41, 5.74) is 2.46. The van der Waals surface area contributed by atoms with Crippen LogP contribution in [0.25, 0.3) is 0 Å². The summed E-state index contributed by atoms with van der Waals surface area (Å²) in [6.45, 7) is 5.71. The average Bonchev–Trinajstić information content (AvgIpc) is 2.93. The minimum absolute atomic E-state index is 0.337. The molecule has 102 valence electrons. The van der Waals surface area contributed by atoms with E-state index in [9.17, 15) is 0 Å². The summed E-state index contributed by atoms with van der Waals surface area (Å²) in [7, 11) is 0. The lowest BCUT2D eigenvalue weighted by atomic mass is 10.5. The number of nitrogen functional groups attached to an aromatic ring is 1. The number of nitrogens with zero attached hydrogens (tertiary/aromatic N) is 6. The second-order valence-electron chi connectivity index (χ2n) is 3.37. The number of rotatable bonds is 6. The van der Waals surface area contributed by atoms with Crippen LogP contribution in [0, 0.1) is 0 Å². The van der Waals surface area contributed by atoms with Crippen molar-refractivity contribution in [3.8, 4) is 0 Å². The van der Waals surface area contributed by atoms with Crippen molar-refractivity contribution in [2.24, 2.45) is 5.84 Å². The maximum absolute atomic E-state index is 5.39. The van der Waals surface area contributed by atoms with Gasteiger partial charge in [-0.2, -0.15) is 19.3 Å². The molecule has 0 aliphatic heterocycles. The van der Waals surface area contributed by atoms with E-state index >= 15 is 0 Å². The summed E-state index contributed by atoms with van der Waals surface area (Å²) in [4.78, 5) is 19.0. The maximum Gasteiger partial charge on any atom is 0.242 e. The summed E-state index contributed by atoms with van der Waals surface area (Å²) in [6.07, 6.45) is 1.50. The minimum Gasteiger partial charge on any atom is -0.341 e. The molecule has 0 atom stereocenters. The van der Waals surface area contributed by atoms with Crippen molar-refractivity contribution in [1.29, 1.82) is 0 Å². The normalized spacial score (nSPS) is 10.5. The highest BCUT2D eigenvalue weighted by atomic mass is 32.2. The Hall–Kier alpha value is -1.52. The molecule has 2 rings (SSSR count). The van der Waals surface area contributed by atoms with Gasteiger partial charge in [0.15, 0.2) is 4.34 Å². The Morgan fingerprint density at radius 2 is 2.11 bits per heavy atom. The van der Waals surface area contributed by atoms with Gasteiger partial charge in [-0.25, -0.2) is 10.8 Å². The number of hydrogen-bond donors (Lipinski definition) is 2. The van der Waals surface area contributed by atoms with Crippen LogP contribution in [0.4, 0.5) is 11.9 Å². The Morgan fingerprint density at radius 3 is 2.68 bits per heavy atom. The zero-order valence-electron chi connectivity index (χ0n) is 10.6. The van der Waals surface area contributed by atoms with Crippen LogP contribution in [0.3, 0.4) is 0 Å². The van der Waals surface area contributed by atoms with E-state index in [0.29, 0.717) is 17.1 Å². The molecule has 2 aromatic rings. The van der Waals surface area contributed by atoms with E-state index < -0.39 is 0 Å². The molecule has 2 heterocycles. The van der Waals surface area contributed by atoms with Crippen molar-refractivity contribution in [3.63, 3.8) is 0 Å². The first kappa shape index (κ1) is 13.9. The predicted molar refractivity (Wildman–Crippen MR) is 75.2 cm³/mol. The third-order valence-electron chi connectivity index (χ3n) is 2.30. The molecule has 0 spiro atoms. The zero-order valence-corrected chi connectivity index (χ0v) is 12.2. The van der Waals surface area contributed by atoms with Crippen LogP contribution in [0.1, 0.15) is 13.8 Å². The predicted octanol–water partition coefficient (Wildman–Crippen LogP) is 1.01. The first-order valence-electron chi connectivity index (χ1n) is 5.69. The van der Waals surface area contributed by atoms with Gasteiger partial charge in [0.25, 0.3) is 0 Å². The fourth-order valence-corrected chi connectivity index (χ4v) is 2.69. The van der Waals surface area contributed by atoms with Crippen molar-refractivity contribution in [1.82, 2.24) is 24.3 Å². The molecule has 8 nitrogen and oxygen atoms in total. The molecule has 0 aliphatic carbocycles. The molecule has 2 aromatic heterocycles. The van der Waals surface area contributed by atoms with Gasteiger partial charge in [-0.15, -0.1) is 0 Å². The van der Waals surface area contributed by atoms with Gasteiger partial charge in [0.1, 0.15) is 6.33 Å². The van der Waals surface area contributed by atoms with E-state index in [1.807, 2.05) is 18.7 Å². The molecular formula is C9H14N8S2. The number of hydrazine groups is 1. The van der Waals surface area contributed by atoms with Gasteiger partial charge in [0.2, 0.25) is 17.1 Å². The molecule has 10 heteroatoms.